The molecule has 0 spiro atoms. The third-order valence-corrected chi connectivity index (χ3v) is 2.65. The molecule has 0 aromatic carbocycles. The Morgan fingerprint density at radius 3 is 2.55 bits per heavy atom. The zero-order valence-electron chi connectivity index (χ0n) is 7.23. The van der Waals surface area contributed by atoms with Crippen molar-refractivity contribution in [1.82, 2.24) is 0 Å². The first-order valence-electron chi connectivity index (χ1n) is 4.29. The van der Waals surface area contributed by atoms with Gasteiger partial charge in [-0.2, -0.15) is 0 Å². The fourth-order valence-corrected chi connectivity index (χ4v) is 1.68. The molecule has 0 aromatic rings. The number of rotatable bonds is 2. The normalized spacial score (nSPS) is 23.2. The van der Waals surface area contributed by atoms with E-state index in [-0.39, 0.29) is 0 Å². The molecule has 11 heavy (non-hydrogen) atoms. The number of hydrogen-bond donors (Lipinski definition) is 0. The fourth-order valence-electron chi connectivity index (χ4n) is 1.68. The molecule has 0 bridgehead atoms. The molecule has 0 aliphatic heterocycles. The number of ketones is 1. The molecule has 0 saturated heterocycles. The molecule has 0 amide bonds. The smallest absolute Gasteiger partial charge is 0.132 e. The second-order valence-corrected chi connectivity index (χ2v) is 3.84. The van der Waals surface area contributed by atoms with Crippen LogP contribution in [0.15, 0.2) is 12.7 Å². The van der Waals surface area contributed by atoms with E-state index in [1.807, 2.05) is 6.08 Å². The van der Waals surface area contributed by atoms with Crippen molar-refractivity contribution < 1.29 is 4.79 Å². The van der Waals surface area contributed by atoms with Gasteiger partial charge >= 0.3 is 0 Å². The summed E-state index contributed by atoms with van der Waals surface area (Å²) in [5.74, 6) is 0.437. The standard InChI is InChI=1S/C10H16O/c1-3-6-10(2)7-4-9(11)5-8-10/h3H,1,4-8H2,2H3. The van der Waals surface area contributed by atoms with Gasteiger partial charge in [0, 0.05) is 12.8 Å². The van der Waals surface area contributed by atoms with E-state index < -0.39 is 0 Å². The van der Waals surface area contributed by atoms with Crippen molar-refractivity contribution in [2.45, 2.75) is 39.0 Å². The first-order valence-corrected chi connectivity index (χ1v) is 4.29. The maximum Gasteiger partial charge on any atom is 0.132 e. The Kier molecular flexibility index (Phi) is 2.48. The monoisotopic (exact) mass is 152 g/mol. The van der Waals surface area contributed by atoms with Crippen molar-refractivity contribution >= 4 is 5.78 Å². The van der Waals surface area contributed by atoms with Gasteiger partial charge in [-0.05, 0) is 24.7 Å². The predicted octanol–water partition coefficient (Wildman–Crippen LogP) is 2.71. The molecule has 1 saturated carbocycles. The summed E-state index contributed by atoms with van der Waals surface area (Å²) in [5.41, 5.74) is 0.371. The minimum atomic E-state index is 0.371. The summed E-state index contributed by atoms with van der Waals surface area (Å²) in [5, 5.41) is 0. The Morgan fingerprint density at radius 2 is 2.09 bits per heavy atom. The summed E-state index contributed by atoms with van der Waals surface area (Å²) in [6.07, 6.45) is 6.69. The summed E-state index contributed by atoms with van der Waals surface area (Å²) >= 11 is 0. The molecule has 1 fully saturated rings. The van der Waals surface area contributed by atoms with Crippen molar-refractivity contribution in [3.8, 4) is 0 Å². The highest BCUT2D eigenvalue weighted by molar-refractivity contribution is 5.79. The maximum absolute atomic E-state index is 10.9. The molecule has 1 aliphatic rings. The zero-order chi connectivity index (χ0) is 8.32. The molecule has 1 nitrogen and oxygen atoms in total. The van der Waals surface area contributed by atoms with Gasteiger partial charge in [-0.3, -0.25) is 4.79 Å². The van der Waals surface area contributed by atoms with Gasteiger partial charge in [-0.15, -0.1) is 6.58 Å². The van der Waals surface area contributed by atoms with Gasteiger partial charge in [0.15, 0.2) is 0 Å². The molecule has 62 valence electrons. The van der Waals surface area contributed by atoms with E-state index in [1.54, 1.807) is 0 Å². The average molecular weight is 152 g/mol. The van der Waals surface area contributed by atoms with Crippen LogP contribution in [0.3, 0.4) is 0 Å². The van der Waals surface area contributed by atoms with E-state index in [9.17, 15) is 4.79 Å². The van der Waals surface area contributed by atoms with E-state index in [2.05, 4.69) is 13.5 Å². The Hall–Kier alpha value is -0.590. The molecule has 0 radical (unpaired) electrons. The third-order valence-electron chi connectivity index (χ3n) is 2.65. The van der Waals surface area contributed by atoms with Gasteiger partial charge in [0.2, 0.25) is 0 Å². The fraction of sp³-hybridized carbons (Fsp3) is 0.700. The van der Waals surface area contributed by atoms with Gasteiger partial charge in [-0.25, -0.2) is 0 Å². The molecule has 1 rings (SSSR count). The minimum Gasteiger partial charge on any atom is -0.300 e. The lowest BCUT2D eigenvalue weighted by Crippen LogP contribution is -2.23. The summed E-state index contributed by atoms with van der Waals surface area (Å²) in [4.78, 5) is 10.9. The number of carbonyl (C=O) groups is 1. The van der Waals surface area contributed by atoms with Crippen molar-refractivity contribution in [2.75, 3.05) is 0 Å². The van der Waals surface area contributed by atoms with Gasteiger partial charge in [0.1, 0.15) is 5.78 Å². The van der Waals surface area contributed by atoms with Crippen molar-refractivity contribution in [3.05, 3.63) is 12.7 Å². The minimum absolute atomic E-state index is 0.371. The van der Waals surface area contributed by atoms with Crippen LogP contribution in [0.2, 0.25) is 0 Å². The number of Topliss-reactive ketones (excluding diaryl/α,β-unsaturated/α-hetero) is 1. The summed E-state index contributed by atoms with van der Waals surface area (Å²) < 4.78 is 0. The number of hydrogen-bond acceptors (Lipinski definition) is 1. The Morgan fingerprint density at radius 1 is 1.55 bits per heavy atom. The maximum atomic E-state index is 10.9. The highest BCUT2D eigenvalue weighted by atomic mass is 16.1. The Bertz CT molecular complexity index is 160. The molecule has 0 heterocycles. The highest BCUT2D eigenvalue weighted by Gasteiger charge is 2.28. The van der Waals surface area contributed by atoms with Gasteiger partial charge in [0.05, 0.1) is 0 Å². The first kappa shape index (κ1) is 8.51. The third kappa shape index (κ3) is 2.18. The summed E-state index contributed by atoms with van der Waals surface area (Å²) in [6, 6.07) is 0. The molecule has 1 aliphatic carbocycles. The lowest BCUT2D eigenvalue weighted by molar-refractivity contribution is -0.122. The largest absolute Gasteiger partial charge is 0.300 e. The van der Waals surface area contributed by atoms with Gasteiger partial charge < -0.3 is 0 Å². The van der Waals surface area contributed by atoms with Gasteiger partial charge in [-0.1, -0.05) is 13.0 Å². The van der Waals surface area contributed by atoms with Crippen LogP contribution < -0.4 is 0 Å². The van der Waals surface area contributed by atoms with Crippen molar-refractivity contribution in [3.63, 3.8) is 0 Å². The summed E-state index contributed by atoms with van der Waals surface area (Å²) in [7, 11) is 0. The van der Waals surface area contributed by atoms with Crippen LogP contribution in [-0.4, -0.2) is 5.78 Å². The van der Waals surface area contributed by atoms with Crippen LogP contribution in [0.1, 0.15) is 39.0 Å². The second kappa shape index (κ2) is 3.21. The molecule has 0 unspecified atom stereocenters. The highest BCUT2D eigenvalue weighted by Crippen LogP contribution is 2.37. The Labute approximate surface area is 68.5 Å². The van der Waals surface area contributed by atoms with E-state index in [4.69, 9.17) is 0 Å². The quantitative estimate of drug-likeness (QED) is 0.556. The molecular weight excluding hydrogens is 136 g/mol. The van der Waals surface area contributed by atoms with Crippen LogP contribution in [0.4, 0.5) is 0 Å². The molecule has 0 N–H and O–H groups in total. The van der Waals surface area contributed by atoms with E-state index in [0.29, 0.717) is 11.2 Å². The topological polar surface area (TPSA) is 17.1 Å². The van der Waals surface area contributed by atoms with Crippen LogP contribution in [0, 0.1) is 5.41 Å². The predicted molar refractivity (Wildman–Crippen MR) is 46.4 cm³/mol. The lowest BCUT2D eigenvalue weighted by Gasteiger charge is -2.31. The van der Waals surface area contributed by atoms with Crippen molar-refractivity contribution in [2.24, 2.45) is 5.41 Å². The van der Waals surface area contributed by atoms with Crippen LogP contribution in [0.25, 0.3) is 0 Å². The molecule has 0 atom stereocenters. The van der Waals surface area contributed by atoms with Gasteiger partial charge in [0.25, 0.3) is 0 Å². The summed E-state index contributed by atoms with van der Waals surface area (Å²) in [6.45, 7) is 5.99. The number of carbonyl (C=O) groups excluding carboxylic acids is 1. The van der Waals surface area contributed by atoms with E-state index >= 15 is 0 Å². The number of allylic oxidation sites excluding steroid dienone is 1. The second-order valence-electron chi connectivity index (χ2n) is 3.84. The van der Waals surface area contributed by atoms with Crippen LogP contribution in [0.5, 0.6) is 0 Å². The van der Waals surface area contributed by atoms with Crippen molar-refractivity contribution in [1.29, 1.82) is 0 Å². The zero-order valence-corrected chi connectivity index (χ0v) is 7.23. The average Bonchev–Trinajstić information content (AvgIpc) is 1.97. The van der Waals surface area contributed by atoms with E-state index in [0.717, 1.165) is 32.1 Å². The SMILES string of the molecule is C=CCC1(C)CCC(=O)CC1. The molecular formula is C10H16O. The van der Waals surface area contributed by atoms with Crippen LogP contribution >= 0.6 is 0 Å². The van der Waals surface area contributed by atoms with Crippen LogP contribution in [-0.2, 0) is 4.79 Å². The first-order chi connectivity index (χ1) is 5.16. The molecule has 0 aromatic heterocycles. The Balaban J connectivity index is 2.47. The van der Waals surface area contributed by atoms with E-state index in [1.165, 1.54) is 0 Å². The lowest BCUT2D eigenvalue weighted by atomic mass is 9.73. The molecule has 1 heteroatoms.